The summed E-state index contributed by atoms with van der Waals surface area (Å²) in [6.45, 7) is 0.355. The van der Waals surface area contributed by atoms with Crippen LogP contribution in [0.5, 0.6) is 0 Å². The maximum atomic E-state index is 11.8. The Hall–Kier alpha value is -3.09. The van der Waals surface area contributed by atoms with Crippen molar-refractivity contribution in [2.45, 2.75) is 25.2 Å². The summed E-state index contributed by atoms with van der Waals surface area (Å²) in [4.78, 5) is 11.8. The van der Waals surface area contributed by atoms with Crippen LogP contribution in [0.25, 0.3) is 10.8 Å². The molecule has 0 bridgehead atoms. The third kappa shape index (κ3) is 4.79. The van der Waals surface area contributed by atoms with Gasteiger partial charge in [0.1, 0.15) is 12.7 Å². The lowest BCUT2D eigenvalue weighted by molar-refractivity contribution is 0.0145. The highest BCUT2D eigenvalue weighted by atomic mass is 16.5. The van der Waals surface area contributed by atoms with E-state index in [1.165, 1.54) is 0 Å². The van der Waals surface area contributed by atoms with Crippen molar-refractivity contribution in [1.29, 1.82) is 0 Å². The molecule has 0 saturated carbocycles. The number of anilines is 1. The first-order chi connectivity index (χ1) is 13.6. The predicted molar refractivity (Wildman–Crippen MR) is 109 cm³/mol. The van der Waals surface area contributed by atoms with Gasteiger partial charge in [0.15, 0.2) is 0 Å². The summed E-state index contributed by atoms with van der Waals surface area (Å²) >= 11 is 0. The fourth-order valence-electron chi connectivity index (χ4n) is 3.08. The van der Waals surface area contributed by atoms with E-state index < -0.39 is 18.3 Å². The number of hydrogen-bond donors (Lipinski definition) is 4. The highest BCUT2D eigenvalue weighted by Gasteiger charge is 2.20. The maximum absolute atomic E-state index is 11.8. The van der Waals surface area contributed by atoms with Crippen molar-refractivity contribution in [3.63, 3.8) is 0 Å². The van der Waals surface area contributed by atoms with E-state index in [4.69, 9.17) is 10.5 Å². The fourth-order valence-corrected chi connectivity index (χ4v) is 3.08. The van der Waals surface area contributed by atoms with Gasteiger partial charge in [-0.1, -0.05) is 60.7 Å². The van der Waals surface area contributed by atoms with Gasteiger partial charge in [0.05, 0.1) is 6.10 Å². The number of nitrogens with two attached hydrogens (primary N) is 1. The summed E-state index contributed by atoms with van der Waals surface area (Å²) < 4.78 is 5.12. The van der Waals surface area contributed by atoms with Crippen molar-refractivity contribution >= 4 is 22.6 Å². The molecule has 0 heterocycles. The van der Waals surface area contributed by atoms with E-state index in [1.54, 1.807) is 18.2 Å². The molecular weight excluding hydrogens is 356 g/mol. The zero-order chi connectivity index (χ0) is 19.9. The van der Waals surface area contributed by atoms with E-state index in [2.05, 4.69) is 5.32 Å². The largest absolute Gasteiger partial charge is 0.445 e. The topological polar surface area (TPSA) is 105 Å². The van der Waals surface area contributed by atoms with Crippen molar-refractivity contribution in [2.24, 2.45) is 0 Å². The van der Waals surface area contributed by atoms with Gasteiger partial charge in [0.2, 0.25) is 0 Å². The molecule has 2 unspecified atom stereocenters. The summed E-state index contributed by atoms with van der Waals surface area (Å²) in [7, 11) is 0. The molecule has 0 aliphatic rings. The van der Waals surface area contributed by atoms with Crippen LogP contribution in [0.4, 0.5) is 10.5 Å². The molecule has 5 N–H and O–H groups in total. The summed E-state index contributed by atoms with van der Waals surface area (Å²) in [6, 6.07) is 20.2. The van der Waals surface area contributed by atoms with Crippen molar-refractivity contribution in [1.82, 2.24) is 5.32 Å². The molecule has 6 nitrogen and oxygen atoms in total. The normalized spacial score (nSPS) is 13.1. The molecule has 0 saturated heterocycles. The number of nitrogen functional groups attached to an aromatic ring is 1. The van der Waals surface area contributed by atoms with Gasteiger partial charge in [0.25, 0.3) is 0 Å². The maximum Gasteiger partial charge on any atom is 0.407 e. The molecule has 6 heteroatoms. The highest BCUT2D eigenvalue weighted by Crippen LogP contribution is 2.30. The van der Waals surface area contributed by atoms with E-state index in [0.717, 1.165) is 16.3 Å². The zero-order valence-electron chi connectivity index (χ0n) is 15.4. The quantitative estimate of drug-likeness (QED) is 0.471. The van der Waals surface area contributed by atoms with Crippen LogP contribution < -0.4 is 11.1 Å². The van der Waals surface area contributed by atoms with Crippen LogP contribution in [0.3, 0.4) is 0 Å². The SMILES string of the molecule is Nc1cccc2c(C(O)C(O)CCNC(=O)OCc3ccccc3)cccc12. The van der Waals surface area contributed by atoms with E-state index in [1.807, 2.05) is 48.5 Å². The number of rotatable bonds is 7. The number of carbonyl (C=O) groups is 1. The minimum absolute atomic E-state index is 0.176. The Balaban J connectivity index is 1.51. The van der Waals surface area contributed by atoms with Crippen LogP contribution in [-0.4, -0.2) is 29.0 Å². The van der Waals surface area contributed by atoms with Crippen molar-refractivity contribution in [2.75, 3.05) is 12.3 Å². The second-order valence-corrected chi connectivity index (χ2v) is 6.58. The molecule has 3 aromatic carbocycles. The molecule has 0 aliphatic heterocycles. The summed E-state index contributed by atoms with van der Waals surface area (Å²) in [5, 5.41) is 25.1. The Morgan fingerprint density at radius 1 is 0.964 bits per heavy atom. The second kappa shape index (κ2) is 9.21. The third-order valence-corrected chi connectivity index (χ3v) is 4.59. The molecule has 0 aromatic heterocycles. The van der Waals surface area contributed by atoms with Crippen LogP contribution in [0.2, 0.25) is 0 Å². The summed E-state index contributed by atoms with van der Waals surface area (Å²) in [5.74, 6) is 0. The Labute approximate surface area is 163 Å². The number of carbonyl (C=O) groups excluding carboxylic acids is 1. The van der Waals surface area contributed by atoms with E-state index >= 15 is 0 Å². The Kier molecular flexibility index (Phi) is 6.47. The van der Waals surface area contributed by atoms with Crippen LogP contribution in [-0.2, 0) is 11.3 Å². The first-order valence-corrected chi connectivity index (χ1v) is 9.14. The predicted octanol–water partition coefficient (Wildman–Crippen LogP) is 3.13. The molecule has 0 aliphatic carbocycles. The van der Waals surface area contributed by atoms with Gasteiger partial charge >= 0.3 is 6.09 Å². The van der Waals surface area contributed by atoms with Gasteiger partial charge in [-0.25, -0.2) is 4.79 Å². The number of ether oxygens (including phenoxy) is 1. The van der Waals surface area contributed by atoms with E-state index in [0.29, 0.717) is 11.3 Å². The lowest BCUT2D eigenvalue weighted by Crippen LogP contribution is -2.29. The standard InChI is InChI=1S/C22H24N2O4/c23-19-11-5-8-16-17(19)9-4-10-18(16)21(26)20(25)12-13-24-22(27)28-14-15-6-2-1-3-7-15/h1-11,20-21,25-26H,12-14,23H2,(H,24,27). The average molecular weight is 380 g/mol. The first kappa shape index (κ1) is 19.7. The molecule has 0 fully saturated rings. The minimum atomic E-state index is -1.09. The van der Waals surface area contributed by atoms with Crippen LogP contribution in [0.1, 0.15) is 23.7 Å². The monoisotopic (exact) mass is 380 g/mol. The van der Waals surface area contributed by atoms with Gasteiger partial charge in [-0.3, -0.25) is 0 Å². The number of amides is 1. The van der Waals surface area contributed by atoms with Crippen molar-refractivity contribution in [3.8, 4) is 0 Å². The van der Waals surface area contributed by atoms with Gasteiger partial charge in [-0.2, -0.15) is 0 Å². The smallest absolute Gasteiger partial charge is 0.407 e. The van der Waals surface area contributed by atoms with Crippen LogP contribution in [0, 0.1) is 0 Å². The number of fused-ring (bicyclic) bond motifs is 1. The fraction of sp³-hybridized carbons (Fsp3) is 0.227. The Morgan fingerprint density at radius 3 is 2.46 bits per heavy atom. The Bertz CT molecular complexity index is 930. The number of aliphatic hydroxyl groups is 2. The molecule has 2 atom stereocenters. The Morgan fingerprint density at radius 2 is 1.68 bits per heavy atom. The first-order valence-electron chi connectivity index (χ1n) is 9.14. The van der Waals surface area contributed by atoms with E-state index in [-0.39, 0.29) is 19.6 Å². The van der Waals surface area contributed by atoms with Gasteiger partial charge in [0, 0.05) is 17.6 Å². The number of aliphatic hydroxyl groups excluding tert-OH is 2. The molecule has 3 aromatic rings. The third-order valence-electron chi connectivity index (χ3n) is 4.59. The van der Waals surface area contributed by atoms with E-state index in [9.17, 15) is 15.0 Å². The van der Waals surface area contributed by atoms with Crippen LogP contribution >= 0.6 is 0 Å². The lowest BCUT2D eigenvalue weighted by atomic mass is 9.95. The molecule has 1 amide bonds. The molecular formula is C22H24N2O4. The molecule has 3 rings (SSSR count). The summed E-state index contributed by atoms with van der Waals surface area (Å²) in [6.07, 6.45) is -2.52. The number of hydrogen-bond acceptors (Lipinski definition) is 5. The van der Waals surface area contributed by atoms with Crippen molar-refractivity contribution in [3.05, 3.63) is 77.9 Å². The number of nitrogens with one attached hydrogen (secondary N) is 1. The number of benzene rings is 3. The summed E-state index contributed by atoms with van der Waals surface area (Å²) in [5.41, 5.74) is 8.09. The number of alkyl carbamates (subject to hydrolysis) is 1. The van der Waals surface area contributed by atoms with Crippen LogP contribution in [0.15, 0.2) is 66.7 Å². The highest BCUT2D eigenvalue weighted by molar-refractivity contribution is 5.95. The second-order valence-electron chi connectivity index (χ2n) is 6.58. The zero-order valence-corrected chi connectivity index (χ0v) is 15.4. The molecule has 28 heavy (non-hydrogen) atoms. The lowest BCUT2D eigenvalue weighted by Gasteiger charge is -2.20. The molecule has 0 radical (unpaired) electrons. The van der Waals surface area contributed by atoms with Crippen molar-refractivity contribution < 1.29 is 19.7 Å². The molecule has 0 spiro atoms. The average Bonchev–Trinajstić information content (AvgIpc) is 2.72. The molecule has 146 valence electrons. The minimum Gasteiger partial charge on any atom is -0.445 e. The van der Waals surface area contributed by atoms with Gasteiger partial charge in [-0.15, -0.1) is 0 Å². The van der Waals surface area contributed by atoms with Gasteiger partial charge < -0.3 is 26.0 Å². The van der Waals surface area contributed by atoms with Gasteiger partial charge in [-0.05, 0) is 29.0 Å².